The number of hydrogen-bond donors (Lipinski definition) is 2. The van der Waals surface area contributed by atoms with Crippen molar-refractivity contribution in [3.8, 4) is 5.75 Å². The zero-order valence-corrected chi connectivity index (χ0v) is 13.8. The SMILES string of the molecule is CCOc1cccc(S(=O)(=O)NCC2CCCNC2)c1.Cl. The first kappa shape index (κ1) is 18.2. The summed E-state index contributed by atoms with van der Waals surface area (Å²) in [6, 6.07) is 6.60. The molecule has 1 aromatic carbocycles. The molecular formula is C14H23ClN2O3S. The van der Waals surface area contributed by atoms with E-state index in [0.29, 0.717) is 24.8 Å². The molecule has 0 spiro atoms. The van der Waals surface area contributed by atoms with Gasteiger partial charge in [0.15, 0.2) is 0 Å². The maximum absolute atomic E-state index is 12.2. The number of benzene rings is 1. The van der Waals surface area contributed by atoms with Crippen LogP contribution in [0.3, 0.4) is 0 Å². The summed E-state index contributed by atoms with van der Waals surface area (Å²) in [6.07, 6.45) is 2.17. The number of sulfonamides is 1. The van der Waals surface area contributed by atoms with Crippen molar-refractivity contribution >= 4 is 22.4 Å². The van der Waals surface area contributed by atoms with Crippen LogP contribution in [0.5, 0.6) is 5.75 Å². The monoisotopic (exact) mass is 334 g/mol. The number of halogens is 1. The summed E-state index contributed by atoms with van der Waals surface area (Å²) in [5.41, 5.74) is 0. The molecule has 1 aliphatic rings. The number of ether oxygens (including phenoxy) is 1. The molecule has 1 heterocycles. The normalized spacial score (nSPS) is 18.8. The smallest absolute Gasteiger partial charge is 0.240 e. The lowest BCUT2D eigenvalue weighted by atomic mass is 10.0. The van der Waals surface area contributed by atoms with Crippen LogP contribution < -0.4 is 14.8 Å². The van der Waals surface area contributed by atoms with E-state index in [1.807, 2.05) is 6.92 Å². The predicted molar refractivity (Wildman–Crippen MR) is 85.6 cm³/mol. The second-order valence-corrected chi connectivity index (χ2v) is 6.74. The summed E-state index contributed by atoms with van der Waals surface area (Å²) < 4.78 is 32.5. The van der Waals surface area contributed by atoms with E-state index >= 15 is 0 Å². The molecule has 2 rings (SSSR count). The molecule has 2 N–H and O–H groups in total. The molecule has 5 nitrogen and oxygen atoms in total. The van der Waals surface area contributed by atoms with E-state index in [2.05, 4.69) is 10.0 Å². The Hall–Kier alpha value is -0.820. The van der Waals surface area contributed by atoms with Gasteiger partial charge in [-0.25, -0.2) is 13.1 Å². The van der Waals surface area contributed by atoms with Gasteiger partial charge >= 0.3 is 0 Å². The molecule has 0 amide bonds. The highest BCUT2D eigenvalue weighted by Crippen LogP contribution is 2.18. The third kappa shape index (κ3) is 5.47. The second kappa shape index (κ2) is 8.58. The fraction of sp³-hybridized carbons (Fsp3) is 0.571. The number of rotatable bonds is 6. The Morgan fingerprint density at radius 2 is 2.24 bits per heavy atom. The molecule has 0 aliphatic carbocycles. The van der Waals surface area contributed by atoms with Crippen LogP contribution in [0.2, 0.25) is 0 Å². The van der Waals surface area contributed by atoms with Crippen LogP contribution in [0.15, 0.2) is 29.2 Å². The largest absolute Gasteiger partial charge is 0.494 e. The van der Waals surface area contributed by atoms with Crippen molar-refractivity contribution in [3.05, 3.63) is 24.3 Å². The van der Waals surface area contributed by atoms with Gasteiger partial charge in [-0.05, 0) is 50.9 Å². The molecule has 1 aliphatic heterocycles. The minimum Gasteiger partial charge on any atom is -0.494 e. The highest BCUT2D eigenvalue weighted by atomic mass is 35.5. The Balaban J connectivity index is 0.00000220. The summed E-state index contributed by atoms with van der Waals surface area (Å²) in [5, 5.41) is 3.28. The topological polar surface area (TPSA) is 67.4 Å². The molecule has 0 aromatic heterocycles. The quantitative estimate of drug-likeness (QED) is 0.832. The maximum Gasteiger partial charge on any atom is 0.240 e. The van der Waals surface area contributed by atoms with E-state index in [0.717, 1.165) is 25.9 Å². The van der Waals surface area contributed by atoms with Gasteiger partial charge in [-0.1, -0.05) is 6.07 Å². The minimum atomic E-state index is -3.46. The molecule has 1 atom stereocenters. The number of nitrogens with one attached hydrogen (secondary N) is 2. The molecular weight excluding hydrogens is 312 g/mol. The van der Waals surface area contributed by atoms with Crippen LogP contribution in [0.4, 0.5) is 0 Å². The Bertz CT molecular complexity index is 531. The molecule has 1 unspecified atom stereocenters. The minimum absolute atomic E-state index is 0. The maximum atomic E-state index is 12.2. The van der Waals surface area contributed by atoms with Gasteiger partial charge in [0.05, 0.1) is 11.5 Å². The molecule has 1 aromatic rings. The van der Waals surface area contributed by atoms with E-state index in [9.17, 15) is 8.42 Å². The van der Waals surface area contributed by atoms with E-state index in [1.165, 1.54) is 0 Å². The van der Waals surface area contributed by atoms with E-state index in [4.69, 9.17) is 4.74 Å². The van der Waals surface area contributed by atoms with E-state index in [-0.39, 0.29) is 17.3 Å². The Kier molecular flexibility index (Phi) is 7.45. The second-order valence-electron chi connectivity index (χ2n) is 4.97. The van der Waals surface area contributed by atoms with Crippen molar-refractivity contribution in [1.29, 1.82) is 0 Å². The lowest BCUT2D eigenvalue weighted by molar-refractivity contribution is 0.339. The average molecular weight is 335 g/mol. The Labute approximate surface area is 132 Å². The standard InChI is InChI=1S/C14H22N2O3S.ClH/c1-2-19-13-6-3-7-14(9-13)20(17,18)16-11-12-5-4-8-15-10-12;/h3,6-7,9,12,15-16H,2,4-5,8,10-11H2,1H3;1H. The van der Waals surface area contributed by atoms with Gasteiger partial charge in [0.1, 0.15) is 5.75 Å². The van der Waals surface area contributed by atoms with Gasteiger partial charge in [0.2, 0.25) is 10.0 Å². The summed E-state index contributed by atoms with van der Waals surface area (Å²) in [7, 11) is -3.46. The van der Waals surface area contributed by atoms with Crippen molar-refractivity contribution in [1.82, 2.24) is 10.0 Å². The highest BCUT2D eigenvalue weighted by molar-refractivity contribution is 7.89. The molecule has 0 saturated carbocycles. The highest BCUT2D eigenvalue weighted by Gasteiger charge is 2.19. The summed E-state index contributed by atoms with van der Waals surface area (Å²) in [4.78, 5) is 0.257. The predicted octanol–water partition coefficient (Wildman–Crippen LogP) is 1.78. The molecule has 7 heteroatoms. The molecule has 120 valence electrons. The first-order valence-electron chi connectivity index (χ1n) is 7.05. The molecule has 1 fully saturated rings. The van der Waals surface area contributed by atoms with Gasteiger partial charge < -0.3 is 10.1 Å². The van der Waals surface area contributed by atoms with Crippen LogP contribution in [0, 0.1) is 5.92 Å². The first-order valence-corrected chi connectivity index (χ1v) is 8.53. The van der Waals surface area contributed by atoms with Crippen molar-refractivity contribution in [2.45, 2.75) is 24.7 Å². The van der Waals surface area contributed by atoms with Crippen LogP contribution in [0.1, 0.15) is 19.8 Å². The van der Waals surface area contributed by atoms with Crippen LogP contribution in [-0.4, -0.2) is 34.7 Å². The van der Waals surface area contributed by atoms with E-state index < -0.39 is 10.0 Å². The van der Waals surface area contributed by atoms with Gasteiger partial charge in [-0.15, -0.1) is 12.4 Å². The van der Waals surface area contributed by atoms with E-state index in [1.54, 1.807) is 24.3 Å². The van der Waals surface area contributed by atoms with Gasteiger partial charge in [-0.2, -0.15) is 0 Å². The average Bonchev–Trinajstić information content (AvgIpc) is 2.47. The third-order valence-corrected chi connectivity index (χ3v) is 4.81. The fourth-order valence-electron chi connectivity index (χ4n) is 2.31. The van der Waals surface area contributed by atoms with Crippen LogP contribution >= 0.6 is 12.4 Å². The van der Waals surface area contributed by atoms with Crippen molar-refractivity contribution in [3.63, 3.8) is 0 Å². The zero-order chi connectivity index (χ0) is 14.4. The van der Waals surface area contributed by atoms with Crippen molar-refractivity contribution < 1.29 is 13.2 Å². The summed E-state index contributed by atoms with van der Waals surface area (Å²) in [6.45, 7) is 4.77. The third-order valence-electron chi connectivity index (χ3n) is 3.39. The molecule has 21 heavy (non-hydrogen) atoms. The lowest BCUT2D eigenvalue weighted by Gasteiger charge is -2.22. The molecule has 1 saturated heterocycles. The summed E-state index contributed by atoms with van der Waals surface area (Å²) in [5.74, 6) is 0.948. The van der Waals surface area contributed by atoms with Gasteiger partial charge in [0.25, 0.3) is 0 Å². The number of piperidine rings is 1. The summed E-state index contributed by atoms with van der Waals surface area (Å²) >= 11 is 0. The van der Waals surface area contributed by atoms with Gasteiger partial charge in [-0.3, -0.25) is 0 Å². The fourth-order valence-corrected chi connectivity index (χ4v) is 3.46. The van der Waals surface area contributed by atoms with Crippen molar-refractivity contribution in [2.24, 2.45) is 5.92 Å². The van der Waals surface area contributed by atoms with Crippen LogP contribution in [0.25, 0.3) is 0 Å². The van der Waals surface area contributed by atoms with Gasteiger partial charge in [0, 0.05) is 12.6 Å². The Morgan fingerprint density at radius 1 is 1.43 bits per heavy atom. The Morgan fingerprint density at radius 3 is 2.90 bits per heavy atom. The molecule has 0 bridgehead atoms. The number of hydrogen-bond acceptors (Lipinski definition) is 4. The van der Waals surface area contributed by atoms with Crippen molar-refractivity contribution in [2.75, 3.05) is 26.2 Å². The zero-order valence-electron chi connectivity index (χ0n) is 12.2. The molecule has 0 radical (unpaired) electrons. The lowest BCUT2D eigenvalue weighted by Crippen LogP contribution is -2.38. The first-order chi connectivity index (χ1) is 9.62. The van der Waals surface area contributed by atoms with Crippen LogP contribution in [-0.2, 0) is 10.0 Å².